The van der Waals surface area contributed by atoms with Gasteiger partial charge in [-0.3, -0.25) is 9.59 Å². The van der Waals surface area contributed by atoms with Crippen LogP contribution < -0.4 is 16.4 Å². The van der Waals surface area contributed by atoms with E-state index >= 15 is 0 Å². The van der Waals surface area contributed by atoms with E-state index in [4.69, 9.17) is 5.73 Å². The first-order chi connectivity index (χ1) is 14.2. The predicted octanol–water partition coefficient (Wildman–Crippen LogP) is 4.46. The van der Waals surface area contributed by atoms with Crippen molar-refractivity contribution < 1.29 is 9.59 Å². The fraction of sp³-hybridized carbons (Fsp3) is 0.680. The summed E-state index contributed by atoms with van der Waals surface area (Å²) in [6.45, 7) is 11.1. The molecule has 0 spiro atoms. The highest BCUT2D eigenvalue weighted by Crippen LogP contribution is 2.38. The number of carbonyl (C=O) groups is 2. The third kappa shape index (κ3) is 8.46. The largest absolute Gasteiger partial charge is 0.353 e. The Balaban J connectivity index is 0.00000480. The molecule has 1 aliphatic rings. The lowest BCUT2D eigenvalue weighted by molar-refractivity contribution is -0.130. The van der Waals surface area contributed by atoms with Gasteiger partial charge in [-0.25, -0.2) is 0 Å². The second-order valence-electron chi connectivity index (χ2n) is 9.89. The van der Waals surface area contributed by atoms with Crippen molar-refractivity contribution in [2.24, 2.45) is 35.3 Å². The standard InChI is InChI=1S/C25H41N3O2.ClH/c1-16(2)13-22(26)25(30)28-23(19-9-7-6-8-10-19)15-27-24(29)21-14-18(5)11-12-20(21)17(3)4;/h6-10,16-18,20-23H,11-15,26H2,1-5H3,(H,27,29)(H,28,30);1H/t18-,20+,21-,22?,23?;/m1./s1. The van der Waals surface area contributed by atoms with Crippen molar-refractivity contribution in [3.8, 4) is 0 Å². The lowest BCUT2D eigenvalue weighted by Crippen LogP contribution is -2.47. The molecule has 5 atom stereocenters. The molecule has 0 aliphatic heterocycles. The van der Waals surface area contributed by atoms with E-state index in [-0.39, 0.29) is 36.2 Å². The molecule has 0 bridgehead atoms. The minimum absolute atomic E-state index is 0. The van der Waals surface area contributed by atoms with Crippen molar-refractivity contribution in [2.45, 2.75) is 72.4 Å². The maximum absolute atomic E-state index is 13.1. The van der Waals surface area contributed by atoms with Crippen LogP contribution in [0.2, 0.25) is 0 Å². The zero-order chi connectivity index (χ0) is 22.3. The van der Waals surface area contributed by atoms with Crippen LogP contribution in [0.25, 0.3) is 0 Å². The first-order valence-corrected chi connectivity index (χ1v) is 11.6. The van der Waals surface area contributed by atoms with Gasteiger partial charge in [0.05, 0.1) is 12.1 Å². The molecule has 0 heterocycles. The number of halogens is 1. The minimum atomic E-state index is -0.545. The fourth-order valence-electron chi connectivity index (χ4n) is 4.67. The Bertz CT molecular complexity index is 681. The van der Waals surface area contributed by atoms with Crippen LogP contribution in [0.3, 0.4) is 0 Å². The summed E-state index contributed by atoms with van der Waals surface area (Å²) in [6, 6.07) is 8.96. The van der Waals surface area contributed by atoms with Gasteiger partial charge in [0.1, 0.15) is 0 Å². The topological polar surface area (TPSA) is 84.2 Å². The van der Waals surface area contributed by atoms with Crippen LogP contribution >= 0.6 is 12.4 Å². The van der Waals surface area contributed by atoms with Crippen molar-refractivity contribution in [1.82, 2.24) is 10.6 Å². The van der Waals surface area contributed by atoms with Crippen molar-refractivity contribution >= 4 is 24.2 Å². The molecule has 1 saturated carbocycles. The van der Waals surface area contributed by atoms with Gasteiger partial charge < -0.3 is 16.4 Å². The Labute approximate surface area is 194 Å². The molecule has 1 fully saturated rings. The van der Waals surface area contributed by atoms with Crippen molar-refractivity contribution in [3.05, 3.63) is 35.9 Å². The molecule has 0 radical (unpaired) electrons. The average Bonchev–Trinajstić information content (AvgIpc) is 2.70. The lowest BCUT2D eigenvalue weighted by Gasteiger charge is -2.36. The molecule has 1 aliphatic carbocycles. The van der Waals surface area contributed by atoms with Crippen LogP contribution in [0, 0.1) is 29.6 Å². The third-order valence-electron chi connectivity index (χ3n) is 6.42. The zero-order valence-corrected chi connectivity index (χ0v) is 20.6. The Morgan fingerprint density at radius 3 is 2.32 bits per heavy atom. The van der Waals surface area contributed by atoms with Crippen LogP contribution in [0.15, 0.2) is 30.3 Å². The van der Waals surface area contributed by atoms with Gasteiger partial charge in [0.25, 0.3) is 0 Å². The maximum atomic E-state index is 13.1. The van der Waals surface area contributed by atoms with E-state index in [1.54, 1.807) is 0 Å². The van der Waals surface area contributed by atoms with Gasteiger partial charge in [0.15, 0.2) is 0 Å². The molecule has 2 unspecified atom stereocenters. The van der Waals surface area contributed by atoms with Crippen LogP contribution in [0.5, 0.6) is 0 Å². The van der Waals surface area contributed by atoms with Gasteiger partial charge in [0.2, 0.25) is 11.8 Å². The van der Waals surface area contributed by atoms with E-state index in [1.807, 2.05) is 30.3 Å². The quantitative estimate of drug-likeness (QED) is 0.518. The molecular weight excluding hydrogens is 410 g/mol. The average molecular weight is 452 g/mol. The number of carbonyl (C=O) groups excluding carboxylic acids is 2. The molecule has 0 aromatic heterocycles. The zero-order valence-electron chi connectivity index (χ0n) is 19.8. The van der Waals surface area contributed by atoms with Crippen LogP contribution in [-0.2, 0) is 9.59 Å². The monoisotopic (exact) mass is 451 g/mol. The Morgan fingerprint density at radius 1 is 1.10 bits per heavy atom. The maximum Gasteiger partial charge on any atom is 0.237 e. The van der Waals surface area contributed by atoms with Crippen molar-refractivity contribution in [2.75, 3.05) is 6.54 Å². The second-order valence-corrected chi connectivity index (χ2v) is 9.89. The summed E-state index contributed by atoms with van der Waals surface area (Å²) in [5, 5.41) is 6.21. The summed E-state index contributed by atoms with van der Waals surface area (Å²) in [6.07, 6.45) is 3.88. The summed E-state index contributed by atoms with van der Waals surface area (Å²) in [5.74, 6) is 1.83. The molecule has 1 aromatic rings. The number of nitrogens with two attached hydrogens (primary N) is 1. The highest BCUT2D eigenvalue weighted by atomic mass is 35.5. The van der Waals surface area contributed by atoms with E-state index in [0.717, 1.165) is 18.4 Å². The Hall–Kier alpha value is -1.59. The first-order valence-electron chi connectivity index (χ1n) is 11.6. The molecule has 1 aromatic carbocycles. The van der Waals surface area contributed by atoms with E-state index in [1.165, 1.54) is 6.42 Å². The number of benzene rings is 1. The van der Waals surface area contributed by atoms with Crippen LogP contribution in [-0.4, -0.2) is 24.4 Å². The molecular formula is C25H42ClN3O2. The van der Waals surface area contributed by atoms with Crippen LogP contribution in [0.1, 0.15) is 71.9 Å². The number of rotatable bonds is 9. The number of hydrogen-bond acceptors (Lipinski definition) is 3. The van der Waals surface area contributed by atoms with Gasteiger partial charge >= 0.3 is 0 Å². The molecule has 2 rings (SSSR count). The molecule has 4 N–H and O–H groups in total. The molecule has 2 amide bonds. The minimum Gasteiger partial charge on any atom is -0.353 e. The van der Waals surface area contributed by atoms with Crippen molar-refractivity contribution in [1.29, 1.82) is 0 Å². The summed E-state index contributed by atoms with van der Waals surface area (Å²) in [7, 11) is 0. The molecule has 176 valence electrons. The first kappa shape index (κ1) is 27.4. The van der Waals surface area contributed by atoms with E-state index in [0.29, 0.717) is 36.6 Å². The normalized spacial score (nSPS) is 23.0. The fourth-order valence-corrected chi connectivity index (χ4v) is 4.67. The van der Waals surface area contributed by atoms with Crippen molar-refractivity contribution in [3.63, 3.8) is 0 Å². The highest BCUT2D eigenvalue weighted by Gasteiger charge is 2.35. The van der Waals surface area contributed by atoms with E-state index in [2.05, 4.69) is 45.3 Å². The van der Waals surface area contributed by atoms with Gasteiger partial charge in [-0.2, -0.15) is 0 Å². The van der Waals surface area contributed by atoms with Gasteiger partial charge in [-0.15, -0.1) is 12.4 Å². The second kappa shape index (κ2) is 13.1. The number of hydrogen-bond donors (Lipinski definition) is 3. The van der Waals surface area contributed by atoms with E-state index < -0.39 is 6.04 Å². The van der Waals surface area contributed by atoms with Gasteiger partial charge in [-0.05, 0) is 48.5 Å². The van der Waals surface area contributed by atoms with Gasteiger partial charge in [0, 0.05) is 12.5 Å². The predicted molar refractivity (Wildman–Crippen MR) is 130 cm³/mol. The van der Waals surface area contributed by atoms with Gasteiger partial charge in [-0.1, -0.05) is 71.4 Å². The SMILES string of the molecule is CC(C)CC(N)C(=O)NC(CNC(=O)[C@@H]1C[C@H](C)CC[C@H]1C(C)C)c1ccccc1.Cl. The lowest BCUT2D eigenvalue weighted by atomic mass is 9.70. The Kier molecular flexibility index (Phi) is 11.6. The Morgan fingerprint density at radius 2 is 1.74 bits per heavy atom. The molecule has 0 saturated heterocycles. The highest BCUT2D eigenvalue weighted by molar-refractivity contribution is 5.85. The van der Waals surface area contributed by atoms with Crippen LogP contribution in [0.4, 0.5) is 0 Å². The summed E-state index contributed by atoms with van der Waals surface area (Å²) >= 11 is 0. The van der Waals surface area contributed by atoms with E-state index in [9.17, 15) is 9.59 Å². The molecule has 5 nitrogen and oxygen atoms in total. The smallest absolute Gasteiger partial charge is 0.237 e. The third-order valence-corrected chi connectivity index (χ3v) is 6.42. The number of nitrogens with one attached hydrogen (secondary N) is 2. The molecule has 31 heavy (non-hydrogen) atoms. The summed E-state index contributed by atoms with van der Waals surface area (Å²) < 4.78 is 0. The number of amides is 2. The molecule has 6 heteroatoms. The summed E-state index contributed by atoms with van der Waals surface area (Å²) in [5.41, 5.74) is 7.06. The summed E-state index contributed by atoms with van der Waals surface area (Å²) in [4.78, 5) is 25.8.